The molecule has 0 aromatic heterocycles. The predicted molar refractivity (Wildman–Crippen MR) is 69.5 cm³/mol. The summed E-state index contributed by atoms with van der Waals surface area (Å²) >= 11 is 0. The van der Waals surface area contributed by atoms with Gasteiger partial charge >= 0.3 is 0 Å². The summed E-state index contributed by atoms with van der Waals surface area (Å²) in [5.74, 6) is 0.419. The minimum atomic E-state index is -0.389. The van der Waals surface area contributed by atoms with Crippen LogP contribution < -0.4 is 5.73 Å². The topological polar surface area (TPSA) is 63.4 Å². The summed E-state index contributed by atoms with van der Waals surface area (Å²) in [5, 5.41) is 0. The number of likely N-dealkylation sites (tertiary alicyclic amines) is 1. The van der Waals surface area contributed by atoms with Crippen molar-refractivity contribution < 1.29 is 9.59 Å². The average Bonchev–Trinajstić information content (AvgIpc) is 2.59. The molecular formula is C14H24N2O2. The highest BCUT2D eigenvalue weighted by Gasteiger charge is 2.68. The van der Waals surface area contributed by atoms with Crippen molar-refractivity contribution in [3.8, 4) is 0 Å². The number of carbonyl (C=O) groups excluding carboxylic acids is 2. The van der Waals surface area contributed by atoms with E-state index in [1.165, 1.54) is 0 Å². The highest BCUT2D eigenvalue weighted by Crippen LogP contribution is 2.64. The van der Waals surface area contributed by atoms with Gasteiger partial charge in [-0.25, -0.2) is 0 Å². The summed E-state index contributed by atoms with van der Waals surface area (Å²) in [4.78, 5) is 25.6. The zero-order chi connectivity index (χ0) is 13.9. The lowest BCUT2D eigenvalue weighted by Gasteiger charge is -2.31. The van der Waals surface area contributed by atoms with Gasteiger partial charge in [0.15, 0.2) is 0 Å². The Balaban J connectivity index is 2.12. The predicted octanol–water partition coefficient (Wildman–Crippen LogP) is 1.39. The first-order chi connectivity index (χ1) is 8.05. The molecule has 2 amide bonds. The molecule has 18 heavy (non-hydrogen) atoms. The molecule has 102 valence electrons. The van der Waals surface area contributed by atoms with Crippen molar-refractivity contribution in [2.45, 2.75) is 47.1 Å². The summed E-state index contributed by atoms with van der Waals surface area (Å²) in [7, 11) is 0. The van der Waals surface area contributed by atoms with E-state index in [-0.39, 0.29) is 34.6 Å². The van der Waals surface area contributed by atoms with Crippen LogP contribution in [0, 0.1) is 22.7 Å². The third-order valence-electron chi connectivity index (χ3n) is 4.50. The molecule has 2 N–H and O–H groups in total. The largest absolute Gasteiger partial charge is 0.368 e. The van der Waals surface area contributed by atoms with Crippen molar-refractivity contribution in [3.63, 3.8) is 0 Å². The number of amides is 2. The van der Waals surface area contributed by atoms with Gasteiger partial charge in [0.25, 0.3) is 0 Å². The quantitative estimate of drug-likeness (QED) is 0.807. The van der Waals surface area contributed by atoms with Gasteiger partial charge in [0, 0.05) is 13.0 Å². The van der Waals surface area contributed by atoms with Crippen LogP contribution in [0.3, 0.4) is 0 Å². The first-order valence-electron chi connectivity index (χ1n) is 6.64. The number of piperidine rings is 1. The molecule has 0 aromatic carbocycles. The van der Waals surface area contributed by atoms with Crippen molar-refractivity contribution >= 4 is 11.8 Å². The average molecular weight is 252 g/mol. The number of fused-ring (bicyclic) bond motifs is 1. The van der Waals surface area contributed by atoms with E-state index in [4.69, 9.17) is 5.73 Å². The Morgan fingerprint density at radius 2 is 1.89 bits per heavy atom. The minimum absolute atomic E-state index is 0.0540. The van der Waals surface area contributed by atoms with Crippen LogP contribution in [0.25, 0.3) is 0 Å². The molecule has 4 nitrogen and oxygen atoms in total. The first kappa shape index (κ1) is 13.4. The number of rotatable bonds is 2. The maximum Gasteiger partial charge on any atom is 0.240 e. The van der Waals surface area contributed by atoms with Crippen LogP contribution in [0.15, 0.2) is 0 Å². The van der Waals surface area contributed by atoms with E-state index in [2.05, 4.69) is 13.8 Å². The number of nitrogens with two attached hydrogens (primary N) is 1. The molecule has 4 heteroatoms. The zero-order valence-electron chi connectivity index (χ0n) is 12.0. The Labute approximate surface area is 109 Å². The first-order valence-corrected chi connectivity index (χ1v) is 6.64. The Morgan fingerprint density at radius 1 is 1.33 bits per heavy atom. The fraction of sp³-hybridized carbons (Fsp3) is 0.857. The summed E-state index contributed by atoms with van der Waals surface area (Å²) in [6, 6.07) is -0.389. The van der Waals surface area contributed by atoms with Crippen LogP contribution >= 0.6 is 0 Å². The fourth-order valence-electron chi connectivity index (χ4n) is 3.42. The van der Waals surface area contributed by atoms with Crippen molar-refractivity contribution in [1.82, 2.24) is 4.90 Å². The summed E-state index contributed by atoms with van der Waals surface area (Å²) < 4.78 is 0. The number of hydrogen-bond acceptors (Lipinski definition) is 2. The lowest BCUT2D eigenvalue weighted by Crippen LogP contribution is -2.48. The van der Waals surface area contributed by atoms with Gasteiger partial charge in [0.1, 0.15) is 6.04 Å². The summed E-state index contributed by atoms with van der Waals surface area (Å²) in [6.45, 7) is 11.1. The number of nitrogens with zero attached hydrogens (tertiary/aromatic N) is 1. The van der Waals surface area contributed by atoms with Crippen LogP contribution in [0.4, 0.5) is 0 Å². The second kappa shape index (κ2) is 3.72. The molecule has 0 bridgehead atoms. The van der Waals surface area contributed by atoms with Crippen LogP contribution in [0.1, 0.15) is 41.0 Å². The third kappa shape index (κ3) is 2.02. The maximum absolute atomic E-state index is 12.3. The Hall–Kier alpha value is -1.06. The van der Waals surface area contributed by atoms with Crippen molar-refractivity contribution in [2.75, 3.05) is 6.54 Å². The lowest BCUT2D eigenvalue weighted by molar-refractivity contribution is -0.140. The van der Waals surface area contributed by atoms with Crippen molar-refractivity contribution in [2.24, 2.45) is 28.4 Å². The van der Waals surface area contributed by atoms with Gasteiger partial charge in [-0.3, -0.25) is 9.59 Å². The molecule has 1 saturated carbocycles. The van der Waals surface area contributed by atoms with Crippen LogP contribution in [-0.4, -0.2) is 29.3 Å². The standard InChI is InChI=1S/C14H24N2O2/c1-13(2,3)6-9(17)16-7-8-10(14(8,4)5)11(16)12(15)18/h8,10-11H,6-7H2,1-5H3,(H2,15,18)/t8?,10?,11-/m0/s1. The molecule has 1 aliphatic carbocycles. The highest BCUT2D eigenvalue weighted by molar-refractivity contribution is 5.88. The van der Waals surface area contributed by atoms with Gasteiger partial charge in [0.2, 0.25) is 11.8 Å². The smallest absolute Gasteiger partial charge is 0.240 e. The molecule has 2 aliphatic rings. The minimum Gasteiger partial charge on any atom is -0.368 e. The molecule has 2 fully saturated rings. The Morgan fingerprint density at radius 3 is 2.33 bits per heavy atom. The van der Waals surface area contributed by atoms with Gasteiger partial charge in [-0.05, 0) is 22.7 Å². The van der Waals surface area contributed by atoms with E-state index in [1.54, 1.807) is 4.90 Å². The third-order valence-corrected chi connectivity index (χ3v) is 4.50. The van der Waals surface area contributed by atoms with Gasteiger partial charge in [-0.15, -0.1) is 0 Å². The molecule has 0 spiro atoms. The Bertz CT molecular complexity index is 395. The SMILES string of the molecule is CC(C)(C)CC(=O)N1CC2C([C@H]1C(N)=O)C2(C)C. The van der Waals surface area contributed by atoms with Gasteiger partial charge in [0.05, 0.1) is 0 Å². The molecule has 0 aromatic rings. The monoisotopic (exact) mass is 252 g/mol. The van der Waals surface area contributed by atoms with Crippen molar-refractivity contribution in [3.05, 3.63) is 0 Å². The zero-order valence-corrected chi connectivity index (χ0v) is 12.0. The summed E-state index contributed by atoms with van der Waals surface area (Å²) in [6.07, 6.45) is 0.469. The van der Waals surface area contributed by atoms with E-state index in [0.29, 0.717) is 18.9 Å². The van der Waals surface area contributed by atoms with E-state index >= 15 is 0 Å². The molecule has 1 aliphatic heterocycles. The molecule has 0 radical (unpaired) electrons. The number of carbonyl (C=O) groups is 2. The molecule has 1 heterocycles. The molecule has 3 atom stereocenters. The second-order valence-electron chi connectivity index (χ2n) is 7.58. The van der Waals surface area contributed by atoms with E-state index < -0.39 is 0 Å². The fourth-order valence-corrected chi connectivity index (χ4v) is 3.42. The van der Waals surface area contributed by atoms with Crippen LogP contribution in [0.2, 0.25) is 0 Å². The van der Waals surface area contributed by atoms with Gasteiger partial charge in [-0.1, -0.05) is 34.6 Å². The molecular weight excluding hydrogens is 228 g/mol. The van der Waals surface area contributed by atoms with E-state index in [1.807, 2.05) is 20.8 Å². The summed E-state index contributed by atoms with van der Waals surface area (Å²) in [5.41, 5.74) is 5.61. The second-order valence-corrected chi connectivity index (χ2v) is 7.58. The van der Waals surface area contributed by atoms with Gasteiger partial charge < -0.3 is 10.6 Å². The number of hydrogen-bond donors (Lipinski definition) is 1. The normalized spacial score (nSPS) is 33.2. The van der Waals surface area contributed by atoms with E-state index in [9.17, 15) is 9.59 Å². The van der Waals surface area contributed by atoms with Gasteiger partial charge in [-0.2, -0.15) is 0 Å². The Kier molecular flexibility index (Phi) is 2.76. The molecule has 2 rings (SSSR count). The lowest BCUT2D eigenvalue weighted by atomic mass is 9.91. The van der Waals surface area contributed by atoms with Crippen molar-refractivity contribution in [1.29, 1.82) is 0 Å². The van der Waals surface area contributed by atoms with Crippen LogP contribution in [0.5, 0.6) is 0 Å². The van der Waals surface area contributed by atoms with E-state index in [0.717, 1.165) is 0 Å². The number of primary amides is 1. The van der Waals surface area contributed by atoms with Crippen LogP contribution in [-0.2, 0) is 9.59 Å². The molecule has 2 unspecified atom stereocenters. The maximum atomic E-state index is 12.3. The highest BCUT2D eigenvalue weighted by atomic mass is 16.2. The molecule has 1 saturated heterocycles.